The van der Waals surface area contributed by atoms with Crippen LogP contribution in [0.2, 0.25) is 0 Å². The summed E-state index contributed by atoms with van der Waals surface area (Å²) >= 11 is 0. The fraction of sp³-hybridized carbons (Fsp3) is 0.130. The SMILES string of the molecule is COC(=O)c1ccc(OCC(=O)Nc2cc3oc4ccccc4c3cc2OC)c([N+](=O)[O-])c1. The Bertz CT molecular complexity index is 1390. The van der Waals surface area contributed by atoms with Gasteiger partial charge in [-0.25, -0.2) is 4.79 Å². The van der Waals surface area contributed by atoms with Crippen molar-refractivity contribution in [3.05, 3.63) is 70.3 Å². The molecule has 0 unspecified atom stereocenters. The molecule has 0 fully saturated rings. The van der Waals surface area contributed by atoms with Crippen molar-refractivity contribution < 1.29 is 33.1 Å². The second kappa shape index (κ2) is 8.87. The molecule has 4 aromatic rings. The molecule has 0 saturated carbocycles. The second-order valence-corrected chi connectivity index (χ2v) is 6.91. The van der Waals surface area contributed by atoms with E-state index in [1.165, 1.54) is 26.4 Å². The van der Waals surface area contributed by atoms with Crippen LogP contribution < -0.4 is 14.8 Å². The lowest BCUT2D eigenvalue weighted by molar-refractivity contribution is -0.385. The summed E-state index contributed by atoms with van der Waals surface area (Å²) in [6.45, 7) is -0.514. The Labute approximate surface area is 186 Å². The minimum absolute atomic E-state index is 0.00937. The van der Waals surface area contributed by atoms with Crippen LogP contribution in [0.4, 0.5) is 11.4 Å². The Kier molecular flexibility index (Phi) is 5.81. The number of benzene rings is 3. The molecule has 0 radical (unpaired) electrons. The molecule has 1 amide bonds. The molecule has 0 aliphatic heterocycles. The molecule has 33 heavy (non-hydrogen) atoms. The van der Waals surface area contributed by atoms with Gasteiger partial charge in [0.1, 0.15) is 16.9 Å². The van der Waals surface area contributed by atoms with Crippen LogP contribution in [-0.4, -0.2) is 37.6 Å². The van der Waals surface area contributed by atoms with E-state index in [1.54, 1.807) is 12.1 Å². The minimum Gasteiger partial charge on any atom is -0.495 e. The van der Waals surface area contributed by atoms with Crippen molar-refractivity contribution in [3.8, 4) is 11.5 Å². The van der Waals surface area contributed by atoms with Gasteiger partial charge in [0.15, 0.2) is 12.4 Å². The zero-order chi connectivity index (χ0) is 23.5. The van der Waals surface area contributed by atoms with E-state index >= 15 is 0 Å². The lowest BCUT2D eigenvalue weighted by atomic mass is 10.1. The lowest BCUT2D eigenvalue weighted by Gasteiger charge is -2.11. The molecule has 0 saturated heterocycles. The average molecular weight is 450 g/mol. The van der Waals surface area contributed by atoms with E-state index in [-0.39, 0.29) is 11.3 Å². The number of carbonyl (C=O) groups is 2. The van der Waals surface area contributed by atoms with E-state index in [0.717, 1.165) is 16.8 Å². The molecule has 1 heterocycles. The maximum absolute atomic E-state index is 12.5. The number of nitro benzene ring substituents is 1. The molecule has 10 heteroatoms. The van der Waals surface area contributed by atoms with Crippen molar-refractivity contribution in [1.82, 2.24) is 0 Å². The van der Waals surface area contributed by atoms with Gasteiger partial charge in [-0.2, -0.15) is 0 Å². The number of rotatable bonds is 7. The fourth-order valence-corrected chi connectivity index (χ4v) is 3.37. The first-order chi connectivity index (χ1) is 15.9. The molecule has 0 aliphatic rings. The third-order valence-electron chi connectivity index (χ3n) is 4.91. The van der Waals surface area contributed by atoms with Crippen LogP contribution in [0.3, 0.4) is 0 Å². The molecule has 3 aromatic carbocycles. The third-order valence-corrected chi connectivity index (χ3v) is 4.91. The summed E-state index contributed by atoms with van der Waals surface area (Å²) < 4.78 is 21.1. The highest BCUT2D eigenvalue weighted by atomic mass is 16.6. The van der Waals surface area contributed by atoms with Crippen molar-refractivity contribution in [2.75, 3.05) is 26.1 Å². The molecule has 0 bridgehead atoms. The third kappa shape index (κ3) is 4.26. The number of ether oxygens (including phenoxy) is 3. The van der Waals surface area contributed by atoms with Crippen molar-refractivity contribution in [2.24, 2.45) is 0 Å². The van der Waals surface area contributed by atoms with Crippen molar-refractivity contribution >= 4 is 45.2 Å². The smallest absolute Gasteiger partial charge is 0.338 e. The zero-order valence-corrected chi connectivity index (χ0v) is 17.6. The van der Waals surface area contributed by atoms with Gasteiger partial charge >= 0.3 is 11.7 Å². The van der Waals surface area contributed by atoms with Gasteiger partial charge in [-0.15, -0.1) is 0 Å². The summed E-state index contributed by atoms with van der Waals surface area (Å²) in [5.41, 5.74) is 1.14. The predicted octanol–water partition coefficient (Wildman–Crippen LogP) is 4.31. The number of amides is 1. The van der Waals surface area contributed by atoms with Gasteiger partial charge in [-0.05, 0) is 24.3 Å². The first-order valence-electron chi connectivity index (χ1n) is 9.70. The summed E-state index contributed by atoms with van der Waals surface area (Å²) in [5.74, 6) is -1.05. The summed E-state index contributed by atoms with van der Waals surface area (Å²) in [6.07, 6.45) is 0. The highest BCUT2D eigenvalue weighted by Crippen LogP contribution is 2.36. The molecular formula is C23H18N2O8. The first kappa shape index (κ1) is 21.6. The Hall–Kier alpha value is -4.60. The standard InChI is InChI=1S/C23H18N2O8/c1-30-21-10-15-14-5-3-4-6-18(14)33-20(15)11-16(21)24-22(26)12-32-19-8-7-13(23(27)31-2)9-17(19)25(28)29/h3-11H,12H2,1-2H3,(H,24,26). The fourth-order valence-electron chi connectivity index (χ4n) is 3.37. The summed E-state index contributed by atoms with van der Waals surface area (Å²) in [5, 5.41) is 15.8. The monoisotopic (exact) mass is 450 g/mol. The molecule has 0 aliphatic carbocycles. The minimum atomic E-state index is -0.726. The van der Waals surface area contributed by atoms with Gasteiger partial charge in [0.2, 0.25) is 0 Å². The normalized spacial score (nSPS) is 10.7. The Balaban J connectivity index is 1.54. The van der Waals surface area contributed by atoms with Crippen LogP contribution in [0.15, 0.2) is 59.0 Å². The van der Waals surface area contributed by atoms with Gasteiger partial charge < -0.3 is 23.9 Å². The number of nitrogens with zero attached hydrogens (tertiary/aromatic N) is 1. The van der Waals surface area contributed by atoms with Crippen LogP contribution in [-0.2, 0) is 9.53 Å². The number of furan rings is 1. The quantitative estimate of drug-likeness (QED) is 0.250. The number of nitro groups is 1. The molecule has 168 valence electrons. The number of hydrogen-bond donors (Lipinski definition) is 1. The maximum Gasteiger partial charge on any atom is 0.338 e. The molecule has 0 spiro atoms. The van der Waals surface area contributed by atoms with Crippen LogP contribution in [0.1, 0.15) is 10.4 Å². The number of anilines is 1. The van der Waals surface area contributed by atoms with Crippen molar-refractivity contribution in [3.63, 3.8) is 0 Å². The number of carbonyl (C=O) groups excluding carboxylic acids is 2. The first-order valence-corrected chi connectivity index (χ1v) is 9.70. The summed E-state index contributed by atoms with van der Waals surface area (Å²) in [7, 11) is 2.64. The zero-order valence-electron chi connectivity index (χ0n) is 17.6. The van der Waals surface area contributed by atoms with E-state index in [0.29, 0.717) is 22.6 Å². The van der Waals surface area contributed by atoms with E-state index < -0.39 is 29.1 Å². The number of para-hydroxylation sites is 1. The Morgan fingerprint density at radius 3 is 2.52 bits per heavy atom. The van der Waals surface area contributed by atoms with Gasteiger partial charge in [0, 0.05) is 22.9 Å². The molecular weight excluding hydrogens is 432 g/mol. The van der Waals surface area contributed by atoms with Crippen LogP contribution in [0.25, 0.3) is 21.9 Å². The van der Waals surface area contributed by atoms with Crippen LogP contribution in [0.5, 0.6) is 11.5 Å². The van der Waals surface area contributed by atoms with E-state index in [1.807, 2.05) is 24.3 Å². The number of esters is 1. The topological polar surface area (TPSA) is 130 Å². The van der Waals surface area contributed by atoms with Crippen molar-refractivity contribution in [1.29, 1.82) is 0 Å². The molecule has 0 atom stereocenters. The Morgan fingerprint density at radius 2 is 1.79 bits per heavy atom. The largest absolute Gasteiger partial charge is 0.495 e. The van der Waals surface area contributed by atoms with Crippen LogP contribution in [0, 0.1) is 10.1 Å². The molecule has 1 N–H and O–H groups in total. The predicted molar refractivity (Wildman–Crippen MR) is 119 cm³/mol. The molecule has 1 aromatic heterocycles. The van der Waals surface area contributed by atoms with Crippen LogP contribution >= 0.6 is 0 Å². The number of hydrogen-bond acceptors (Lipinski definition) is 8. The van der Waals surface area contributed by atoms with Gasteiger partial charge in [0.25, 0.3) is 5.91 Å². The van der Waals surface area contributed by atoms with Gasteiger partial charge in [0.05, 0.1) is 30.4 Å². The number of nitrogens with one attached hydrogen (secondary N) is 1. The highest BCUT2D eigenvalue weighted by molar-refractivity contribution is 6.07. The lowest BCUT2D eigenvalue weighted by Crippen LogP contribution is -2.21. The Morgan fingerprint density at radius 1 is 1.00 bits per heavy atom. The number of fused-ring (bicyclic) bond motifs is 3. The second-order valence-electron chi connectivity index (χ2n) is 6.91. The summed E-state index contributed by atoms with van der Waals surface area (Å²) in [6, 6.07) is 14.5. The van der Waals surface area contributed by atoms with Crippen molar-refractivity contribution in [2.45, 2.75) is 0 Å². The highest BCUT2D eigenvalue weighted by Gasteiger charge is 2.20. The summed E-state index contributed by atoms with van der Waals surface area (Å²) in [4.78, 5) is 34.7. The average Bonchev–Trinajstić information content (AvgIpc) is 3.18. The number of methoxy groups -OCH3 is 2. The molecule has 4 rings (SSSR count). The maximum atomic E-state index is 12.5. The van der Waals surface area contributed by atoms with E-state index in [9.17, 15) is 19.7 Å². The van der Waals surface area contributed by atoms with E-state index in [2.05, 4.69) is 10.1 Å². The molecule has 10 nitrogen and oxygen atoms in total. The van der Waals surface area contributed by atoms with Gasteiger partial charge in [-0.1, -0.05) is 18.2 Å². The van der Waals surface area contributed by atoms with E-state index in [4.69, 9.17) is 13.9 Å². The van der Waals surface area contributed by atoms with Gasteiger partial charge in [-0.3, -0.25) is 14.9 Å².